The highest BCUT2D eigenvalue weighted by Crippen LogP contribution is 2.18. The van der Waals surface area contributed by atoms with Gasteiger partial charge in [0.25, 0.3) is 0 Å². The Morgan fingerprint density at radius 2 is 2.31 bits per heavy atom. The van der Waals surface area contributed by atoms with Crippen LogP contribution in [0.5, 0.6) is 5.75 Å². The lowest BCUT2D eigenvalue weighted by Crippen LogP contribution is -1.95. The third kappa shape index (κ3) is 2.85. The van der Waals surface area contributed by atoms with E-state index in [2.05, 4.69) is 27.8 Å². The summed E-state index contributed by atoms with van der Waals surface area (Å²) in [7, 11) is 0. The Balaban J connectivity index is 1.96. The number of halogens is 1. The van der Waals surface area contributed by atoms with Gasteiger partial charge in [-0.05, 0) is 25.1 Å². The molecule has 0 aliphatic carbocycles. The van der Waals surface area contributed by atoms with Crippen molar-refractivity contribution in [2.24, 2.45) is 0 Å². The second-order valence-corrected chi connectivity index (χ2v) is 4.36. The zero-order chi connectivity index (χ0) is 11.4. The average molecular weight is 281 g/mol. The Bertz CT molecular complexity index is 468. The number of hydrogen-bond acceptors (Lipinski definition) is 2. The summed E-state index contributed by atoms with van der Waals surface area (Å²) in [5.74, 6) is 0.848. The van der Waals surface area contributed by atoms with E-state index in [1.54, 1.807) is 0 Å². The molecule has 2 rings (SSSR count). The number of ether oxygens (including phenoxy) is 1. The van der Waals surface area contributed by atoms with Gasteiger partial charge in [0.2, 0.25) is 0 Å². The molecule has 4 heteroatoms. The predicted octanol–water partition coefficient (Wildman–Crippen LogP) is 3.24. The highest BCUT2D eigenvalue weighted by atomic mass is 79.9. The molecule has 1 heterocycles. The quantitative estimate of drug-likeness (QED) is 0.860. The fourth-order valence-corrected chi connectivity index (χ4v) is 1.75. The maximum Gasteiger partial charge on any atom is 0.132 e. The zero-order valence-corrected chi connectivity index (χ0v) is 10.6. The molecule has 0 spiro atoms. The van der Waals surface area contributed by atoms with Crippen molar-refractivity contribution < 1.29 is 4.74 Å². The van der Waals surface area contributed by atoms with Crippen LogP contribution in [0.4, 0.5) is 0 Å². The molecule has 0 radical (unpaired) electrons. The maximum atomic E-state index is 5.62. The van der Waals surface area contributed by atoms with Gasteiger partial charge < -0.3 is 9.30 Å². The Morgan fingerprint density at radius 3 is 3.00 bits per heavy atom. The first-order valence-electron chi connectivity index (χ1n) is 5.17. The molecule has 3 nitrogen and oxygen atoms in total. The van der Waals surface area contributed by atoms with Gasteiger partial charge in [-0.2, -0.15) is 0 Å². The summed E-state index contributed by atoms with van der Waals surface area (Å²) < 4.78 is 8.67. The van der Waals surface area contributed by atoms with Crippen LogP contribution in [-0.4, -0.2) is 9.55 Å². The van der Waals surface area contributed by atoms with Crippen LogP contribution in [0.25, 0.3) is 0 Å². The van der Waals surface area contributed by atoms with Gasteiger partial charge in [0, 0.05) is 17.2 Å². The van der Waals surface area contributed by atoms with E-state index in [9.17, 15) is 0 Å². The lowest BCUT2D eigenvalue weighted by atomic mass is 10.3. The van der Waals surface area contributed by atoms with Crippen molar-refractivity contribution in [3.8, 4) is 5.75 Å². The van der Waals surface area contributed by atoms with Crippen molar-refractivity contribution in [3.63, 3.8) is 0 Å². The molecule has 0 amide bonds. The van der Waals surface area contributed by atoms with E-state index in [0.29, 0.717) is 6.61 Å². The number of aryl methyl sites for hydroxylation is 1. The van der Waals surface area contributed by atoms with Crippen molar-refractivity contribution in [3.05, 3.63) is 47.0 Å². The van der Waals surface area contributed by atoms with Gasteiger partial charge in [0.1, 0.15) is 12.4 Å². The van der Waals surface area contributed by atoms with Crippen LogP contribution in [-0.2, 0) is 13.2 Å². The number of imidazole rings is 1. The molecule has 0 aliphatic heterocycles. The van der Waals surface area contributed by atoms with Crippen LogP contribution in [0, 0.1) is 0 Å². The molecule has 84 valence electrons. The molecular formula is C12H13BrN2O. The summed E-state index contributed by atoms with van der Waals surface area (Å²) >= 11 is 3.40. The molecule has 1 aromatic carbocycles. The SMILES string of the molecule is CCn1cnc(COc2cccc(Br)c2)c1. The molecule has 16 heavy (non-hydrogen) atoms. The smallest absolute Gasteiger partial charge is 0.132 e. The fraction of sp³-hybridized carbons (Fsp3) is 0.250. The van der Waals surface area contributed by atoms with Crippen LogP contribution in [0.2, 0.25) is 0 Å². The van der Waals surface area contributed by atoms with Crippen molar-refractivity contribution in [1.82, 2.24) is 9.55 Å². The van der Waals surface area contributed by atoms with E-state index in [-0.39, 0.29) is 0 Å². The lowest BCUT2D eigenvalue weighted by Gasteiger charge is -2.03. The molecular weight excluding hydrogens is 268 g/mol. The third-order valence-corrected chi connectivity index (χ3v) is 2.73. The third-order valence-electron chi connectivity index (χ3n) is 2.23. The summed E-state index contributed by atoms with van der Waals surface area (Å²) in [6.45, 7) is 3.52. The van der Waals surface area contributed by atoms with Crippen molar-refractivity contribution in [2.75, 3.05) is 0 Å². The molecule has 0 aliphatic rings. The highest BCUT2D eigenvalue weighted by Gasteiger charge is 1.99. The van der Waals surface area contributed by atoms with Crippen LogP contribution in [0.3, 0.4) is 0 Å². The number of rotatable bonds is 4. The normalized spacial score (nSPS) is 10.4. The summed E-state index contributed by atoms with van der Waals surface area (Å²) in [6.07, 6.45) is 3.82. The number of hydrogen-bond donors (Lipinski definition) is 0. The van der Waals surface area contributed by atoms with Crippen LogP contribution in [0.15, 0.2) is 41.3 Å². The fourth-order valence-electron chi connectivity index (χ4n) is 1.37. The number of benzene rings is 1. The van der Waals surface area contributed by atoms with Gasteiger partial charge in [-0.1, -0.05) is 22.0 Å². The Morgan fingerprint density at radius 1 is 1.44 bits per heavy atom. The molecule has 0 unspecified atom stereocenters. The van der Waals surface area contributed by atoms with Crippen LogP contribution >= 0.6 is 15.9 Å². The Kier molecular flexibility index (Phi) is 3.62. The van der Waals surface area contributed by atoms with Gasteiger partial charge in [0.15, 0.2) is 0 Å². The predicted molar refractivity (Wildman–Crippen MR) is 66.4 cm³/mol. The summed E-state index contributed by atoms with van der Waals surface area (Å²) in [5.41, 5.74) is 0.946. The topological polar surface area (TPSA) is 27.1 Å². The Labute approximate surface area is 103 Å². The van der Waals surface area contributed by atoms with Crippen molar-refractivity contribution in [2.45, 2.75) is 20.1 Å². The monoisotopic (exact) mass is 280 g/mol. The highest BCUT2D eigenvalue weighted by molar-refractivity contribution is 9.10. The second kappa shape index (κ2) is 5.16. The van der Waals surface area contributed by atoms with Gasteiger partial charge in [-0.15, -0.1) is 0 Å². The zero-order valence-electron chi connectivity index (χ0n) is 9.06. The van der Waals surface area contributed by atoms with E-state index >= 15 is 0 Å². The standard InChI is InChI=1S/C12H13BrN2O/c1-2-15-7-11(14-9-15)8-16-12-5-3-4-10(13)6-12/h3-7,9H,2,8H2,1H3. The largest absolute Gasteiger partial charge is 0.487 e. The van der Waals surface area contributed by atoms with Crippen molar-refractivity contribution in [1.29, 1.82) is 0 Å². The van der Waals surface area contributed by atoms with Crippen LogP contribution in [0.1, 0.15) is 12.6 Å². The molecule has 1 aromatic heterocycles. The molecule has 2 aromatic rings. The van der Waals surface area contributed by atoms with Gasteiger partial charge >= 0.3 is 0 Å². The molecule has 0 atom stereocenters. The number of aromatic nitrogens is 2. The summed E-state index contributed by atoms with van der Waals surface area (Å²) in [6, 6.07) is 7.79. The summed E-state index contributed by atoms with van der Waals surface area (Å²) in [5, 5.41) is 0. The van der Waals surface area contributed by atoms with E-state index < -0.39 is 0 Å². The first kappa shape index (κ1) is 11.2. The minimum Gasteiger partial charge on any atom is -0.487 e. The maximum absolute atomic E-state index is 5.62. The van der Waals surface area contributed by atoms with Gasteiger partial charge in [-0.3, -0.25) is 0 Å². The average Bonchev–Trinajstić information content (AvgIpc) is 2.74. The van der Waals surface area contributed by atoms with Crippen LogP contribution < -0.4 is 4.74 Å². The molecule has 0 saturated heterocycles. The van der Waals surface area contributed by atoms with Gasteiger partial charge in [-0.25, -0.2) is 4.98 Å². The minimum absolute atomic E-state index is 0.503. The molecule has 0 saturated carbocycles. The van der Waals surface area contributed by atoms with E-state index in [0.717, 1.165) is 22.5 Å². The molecule has 0 bridgehead atoms. The summed E-state index contributed by atoms with van der Waals surface area (Å²) in [4.78, 5) is 4.25. The minimum atomic E-state index is 0.503. The first-order chi connectivity index (χ1) is 7.78. The molecule has 0 N–H and O–H groups in total. The first-order valence-corrected chi connectivity index (χ1v) is 5.96. The number of nitrogens with zero attached hydrogens (tertiary/aromatic N) is 2. The van der Waals surface area contributed by atoms with E-state index in [1.165, 1.54) is 0 Å². The lowest BCUT2D eigenvalue weighted by molar-refractivity contribution is 0.301. The Hall–Kier alpha value is -1.29. The van der Waals surface area contributed by atoms with E-state index in [1.807, 2.05) is 41.4 Å². The van der Waals surface area contributed by atoms with Crippen molar-refractivity contribution >= 4 is 15.9 Å². The second-order valence-electron chi connectivity index (χ2n) is 3.44. The van der Waals surface area contributed by atoms with Gasteiger partial charge in [0.05, 0.1) is 12.0 Å². The molecule has 0 fully saturated rings. The van der Waals surface area contributed by atoms with E-state index in [4.69, 9.17) is 4.74 Å².